The molecule has 0 radical (unpaired) electrons. The van der Waals surface area contributed by atoms with Crippen LogP contribution in [0.1, 0.15) is 29.2 Å². The zero-order chi connectivity index (χ0) is 25.2. The minimum absolute atomic E-state index is 0.128. The number of rotatable bonds is 6. The van der Waals surface area contributed by atoms with Crippen molar-refractivity contribution in [2.24, 2.45) is 0 Å². The van der Waals surface area contributed by atoms with Crippen LogP contribution in [-0.4, -0.2) is 39.0 Å². The van der Waals surface area contributed by atoms with Crippen LogP contribution in [0.25, 0.3) is 21.7 Å². The molecule has 1 aliphatic rings. The van der Waals surface area contributed by atoms with Crippen LogP contribution >= 0.6 is 11.8 Å². The molecule has 1 fully saturated rings. The van der Waals surface area contributed by atoms with Gasteiger partial charge >= 0.3 is 0 Å². The second kappa shape index (κ2) is 10.5. The van der Waals surface area contributed by atoms with Gasteiger partial charge in [-0.3, -0.25) is 9.36 Å². The number of pyridine rings is 1. The molecule has 0 spiro atoms. The molecule has 3 aromatic carbocycles. The van der Waals surface area contributed by atoms with Crippen LogP contribution in [0.15, 0.2) is 95.1 Å². The second-order valence-electron chi connectivity index (χ2n) is 9.39. The highest BCUT2D eigenvalue weighted by atomic mass is 32.2. The van der Waals surface area contributed by atoms with Crippen molar-refractivity contribution in [3.8, 4) is 0 Å². The van der Waals surface area contributed by atoms with Gasteiger partial charge in [0, 0.05) is 23.9 Å². The van der Waals surface area contributed by atoms with Crippen LogP contribution < -0.4 is 5.56 Å². The minimum Gasteiger partial charge on any atom is -0.389 e. The molecule has 0 unspecified atom stereocenters. The zero-order valence-corrected chi connectivity index (χ0v) is 21.1. The maximum absolute atomic E-state index is 13.7. The highest BCUT2D eigenvalue weighted by Gasteiger charge is 2.27. The first-order chi connectivity index (χ1) is 18.2. The first-order valence-electron chi connectivity index (χ1n) is 12.5. The smallest absolute Gasteiger partial charge is 0.261 e. The number of aromatic nitrogens is 3. The van der Waals surface area contributed by atoms with Gasteiger partial charge in [-0.2, -0.15) is 0 Å². The highest BCUT2D eigenvalue weighted by molar-refractivity contribution is 7.98. The Morgan fingerprint density at radius 2 is 1.76 bits per heavy atom. The number of hydrogen-bond donors (Lipinski definition) is 1. The van der Waals surface area contributed by atoms with E-state index in [0.29, 0.717) is 30.4 Å². The summed E-state index contributed by atoms with van der Waals surface area (Å²) in [5, 5.41) is 14.1. The van der Waals surface area contributed by atoms with E-state index in [1.165, 1.54) is 5.56 Å². The van der Waals surface area contributed by atoms with Crippen molar-refractivity contribution in [3.05, 3.63) is 112 Å². The Hall–Kier alpha value is -3.52. The summed E-state index contributed by atoms with van der Waals surface area (Å²) in [7, 11) is 0. The van der Waals surface area contributed by atoms with E-state index in [0.717, 1.165) is 32.7 Å². The summed E-state index contributed by atoms with van der Waals surface area (Å²) >= 11 is 1.72. The predicted molar refractivity (Wildman–Crippen MR) is 147 cm³/mol. The van der Waals surface area contributed by atoms with Crippen LogP contribution in [0, 0.1) is 0 Å². The molecule has 7 heteroatoms. The first kappa shape index (κ1) is 23.9. The van der Waals surface area contributed by atoms with Crippen LogP contribution in [-0.2, 0) is 16.9 Å². The number of benzene rings is 3. The molecule has 1 N–H and O–H groups in total. The van der Waals surface area contributed by atoms with Gasteiger partial charge in [0.1, 0.15) is 0 Å². The van der Waals surface area contributed by atoms with E-state index in [9.17, 15) is 9.90 Å². The summed E-state index contributed by atoms with van der Waals surface area (Å²) in [6.45, 7) is 0.743. The molecule has 1 saturated heterocycles. The zero-order valence-electron chi connectivity index (χ0n) is 20.3. The fourth-order valence-electron chi connectivity index (χ4n) is 5.06. The van der Waals surface area contributed by atoms with Crippen molar-refractivity contribution < 1.29 is 9.84 Å². The predicted octanol–water partition coefficient (Wildman–Crippen LogP) is 5.15. The van der Waals surface area contributed by atoms with Gasteiger partial charge < -0.3 is 9.84 Å². The quantitative estimate of drug-likeness (QED) is 0.252. The van der Waals surface area contributed by atoms with Crippen LogP contribution in [0.5, 0.6) is 0 Å². The second-order valence-corrected chi connectivity index (χ2v) is 10.4. The van der Waals surface area contributed by atoms with E-state index in [1.54, 1.807) is 22.7 Å². The fraction of sp³-hybridized carbons (Fsp3) is 0.233. The van der Waals surface area contributed by atoms with Gasteiger partial charge in [-0.1, -0.05) is 54.6 Å². The molecule has 0 saturated carbocycles. The van der Waals surface area contributed by atoms with E-state index in [4.69, 9.17) is 9.72 Å². The average Bonchev–Trinajstić information content (AvgIpc) is 2.94. The molecule has 2 aromatic heterocycles. The average molecular weight is 510 g/mol. The van der Waals surface area contributed by atoms with Gasteiger partial charge in [-0.05, 0) is 53.1 Å². The van der Waals surface area contributed by atoms with Crippen molar-refractivity contribution in [1.82, 2.24) is 14.5 Å². The number of ether oxygens (including phenoxy) is 1. The summed E-state index contributed by atoms with van der Waals surface area (Å²) in [5.74, 6) is 0.861. The van der Waals surface area contributed by atoms with Gasteiger partial charge in [-0.25, -0.2) is 9.97 Å². The summed E-state index contributed by atoms with van der Waals surface area (Å²) in [5.41, 5.74) is 4.03. The summed E-state index contributed by atoms with van der Waals surface area (Å²) in [6.07, 6.45) is 3.96. The monoisotopic (exact) mass is 509 g/mol. The molecular weight excluding hydrogens is 482 g/mol. The number of aliphatic hydroxyl groups excluding tert-OH is 1. The lowest BCUT2D eigenvalue weighted by Gasteiger charge is -2.29. The van der Waals surface area contributed by atoms with Crippen LogP contribution in [0.3, 0.4) is 0 Å². The number of thioether (sulfide) groups is 1. The lowest BCUT2D eigenvalue weighted by atomic mass is 9.96. The summed E-state index contributed by atoms with van der Waals surface area (Å²) < 4.78 is 6.95. The van der Waals surface area contributed by atoms with Crippen LogP contribution in [0.2, 0.25) is 0 Å². The molecule has 6 rings (SSSR count). The Morgan fingerprint density at radius 3 is 2.59 bits per heavy atom. The van der Waals surface area contributed by atoms with E-state index in [-0.39, 0.29) is 18.2 Å². The largest absolute Gasteiger partial charge is 0.389 e. The Labute approximate surface area is 219 Å². The molecule has 0 amide bonds. The lowest BCUT2D eigenvalue weighted by Crippen LogP contribution is -2.39. The third-order valence-electron chi connectivity index (χ3n) is 6.95. The molecule has 0 aliphatic carbocycles. The van der Waals surface area contributed by atoms with Gasteiger partial charge in [0.05, 0.1) is 41.0 Å². The standard InChI is InChI=1S/C30H27N3O3S/c34-27-17-36-13-11-26(27)33-19-32-29-24-9-5-4-8-23(24)22(16-25(29)30(33)35)14-21-10-12-31-28(15-21)37-18-20-6-2-1-3-7-20/h1-10,12,15-16,19,26-27,34H,11,13-14,17-18H2/t26-,27-/m0/s1. The third kappa shape index (κ3) is 4.90. The summed E-state index contributed by atoms with van der Waals surface area (Å²) in [4.78, 5) is 22.9. The Morgan fingerprint density at radius 1 is 0.946 bits per heavy atom. The van der Waals surface area contributed by atoms with Gasteiger partial charge in [-0.15, -0.1) is 11.8 Å². The SMILES string of the molecule is O=c1c2cc(Cc3ccnc(SCc4ccccc4)c3)c3ccccc3c2ncn1[C@H]1CCOC[C@@H]1O. The molecule has 6 nitrogen and oxygen atoms in total. The number of hydrogen-bond acceptors (Lipinski definition) is 6. The molecule has 1 aliphatic heterocycles. The Bertz CT molecular complexity index is 1620. The molecule has 5 aromatic rings. The number of aliphatic hydroxyl groups is 1. The van der Waals surface area contributed by atoms with Crippen molar-refractivity contribution in [3.63, 3.8) is 0 Å². The lowest BCUT2D eigenvalue weighted by molar-refractivity contribution is -0.0395. The molecule has 186 valence electrons. The molecular formula is C30H27N3O3S. The molecule has 37 heavy (non-hydrogen) atoms. The topological polar surface area (TPSA) is 77.2 Å². The van der Waals surface area contributed by atoms with Crippen molar-refractivity contribution >= 4 is 33.4 Å². The third-order valence-corrected chi connectivity index (χ3v) is 7.95. The first-order valence-corrected chi connectivity index (χ1v) is 13.4. The van der Waals surface area contributed by atoms with E-state index < -0.39 is 6.10 Å². The van der Waals surface area contributed by atoms with E-state index in [1.807, 2.05) is 42.6 Å². The van der Waals surface area contributed by atoms with Gasteiger partial charge in [0.2, 0.25) is 0 Å². The molecule has 0 bridgehead atoms. The maximum Gasteiger partial charge on any atom is 0.261 e. The van der Waals surface area contributed by atoms with Gasteiger partial charge in [0.25, 0.3) is 5.56 Å². The maximum atomic E-state index is 13.7. The van der Waals surface area contributed by atoms with Crippen LogP contribution in [0.4, 0.5) is 0 Å². The van der Waals surface area contributed by atoms with E-state index in [2.05, 4.69) is 41.4 Å². The normalized spacial score (nSPS) is 17.9. The van der Waals surface area contributed by atoms with Crippen molar-refractivity contribution in [1.29, 1.82) is 0 Å². The van der Waals surface area contributed by atoms with E-state index >= 15 is 0 Å². The number of nitrogens with zero attached hydrogens (tertiary/aromatic N) is 3. The molecule has 3 heterocycles. The molecule has 2 atom stereocenters. The minimum atomic E-state index is -0.728. The fourth-order valence-corrected chi connectivity index (χ4v) is 5.94. The Kier molecular flexibility index (Phi) is 6.74. The van der Waals surface area contributed by atoms with Gasteiger partial charge in [0.15, 0.2) is 0 Å². The van der Waals surface area contributed by atoms with Crippen molar-refractivity contribution in [2.45, 2.75) is 35.8 Å². The Balaban J connectivity index is 1.37. The summed E-state index contributed by atoms with van der Waals surface area (Å²) in [6, 6.07) is 24.3. The number of fused-ring (bicyclic) bond motifs is 3. The highest BCUT2D eigenvalue weighted by Crippen LogP contribution is 2.29. The van der Waals surface area contributed by atoms with Crippen molar-refractivity contribution in [2.75, 3.05) is 13.2 Å².